The number of hydrogen-bond donors (Lipinski definition) is 1. The second-order valence-corrected chi connectivity index (χ2v) is 6.33. The molecule has 0 spiro atoms. The van der Waals surface area contributed by atoms with E-state index in [4.69, 9.17) is 4.74 Å². The molecule has 1 aliphatic rings. The number of ether oxygens (including phenoxy) is 1. The van der Waals surface area contributed by atoms with E-state index in [1.165, 1.54) is 5.69 Å². The predicted octanol–water partition coefficient (Wildman–Crippen LogP) is 3.33. The molecule has 0 amide bonds. The fourth-order valence-corrected chi connectivity index (χ4v) is 3.17. The first kappa shape index (κ1) is 16.5. The molecule has 0 radical (unpaired) electrons. The normalized spacial score (nSPS) is 14.4. The molecule has 4 rings (SSSR count). The molecule has 1 N–H and O–H groups in total. The van der Waals surface area contributed by atoms with E-state index in [1.807, 2.05) is 19.1 Å². The Kier molecular flexibility index (Phi) is 4.50. The molecule has 26 heavy (non-hydrogen) atoms. The zero-order chi connectivity index (χ0) is 17.9. The van der Waals surface area contributed by atoms with Crippen LogP contribution in [0.1, 0.15) is 16.2 Å². The number of anilines is 3. The third-order valence-electron chi connectivity index (χ3n) is 4.48. The molecule has 6 heteroatoms. The Morgan fingerprint density at radius 2 is 2.00 bits per heavy atom. The number of hydrogen-bond acceptors (Lipinski definition) is 6. The fraction of sp³-hybridized carbons (Fsp3) is 0.250. The minimum atomic E-state index is 0.418. The van der Waals surface area contributed by atoms with Gasteiger partial charge in [0, 0.05) is 35.5 Å². The minimum Gasteiger partial charge on any atom is -0.378 e. The Morgan fingerprint density at radius 1 is 1.15 bits per heavy atom. The average Bonchev–Trinajstić information content (AvgIpc) is 2.69. The summed E-state index contributed by atoms with van der Waals surface area (Å²) >= 11 is 0. The number of pyridine rings is 2. The van der Waals surface area contributed by atoms with Crippen molar-refractivity contribution < 1.29 is 9.53 Å². The highest BCUT2D eigenvalue weighted by atomic mass is 16.5. The average molecular weight is 348 g/mol. The molecule has 132 valence electrons. The van der Waals surface area contributed by atoms with Gasteiger partial charge in [-0.05, 0) is 43.3 Å². The predicted molar refractivity (Wildman–Crippen MR) is 102 cm³/mol. The number of carbonyl (C=O) groups is 1. The Labute approximate surface area is 151 Å². The van der Waals surface area contributed by atoms with Crippen LogP contribution in [-0.4, -0.2) is 42.6 Å². The van der Waals surface area contributed by atoms with Crippen LogP contribution in [0.25, 0.3) is 10.9 Å². The molecule has 1 aliphatic heterocycles. The zero-order valence-corrected chi connectivity index (χ0v) is 14.6. The quantitative estimate of drug-likeness (QED) is 0.730. The molecular formula is C20H20N4O2. The van der Waals surface area contributed by atoms with E-state index in [9.17, 15) is 4.79 Å². The molecule has 0 saturated carbocycles. The SMILES string of the molecule is Cc1cc(Nc2ccc(C=O)nc2)c2cc(N3CCOCC3)ccc2n1. The van der Waals surface area contributed by atoms with Crippen LogP contribution < -0.4 is 10.2 Å². The lowest BCUT2D eigenvalue weighted by Gasteiger charge is -2.29. The highest BCUT2D eigenvalue weighted by molar-refractivity contribution is 5.95. The molecular weight excluding hydrogens is 328 g/mol. The van der Waals surface area contributed by atoms with Crippen LogP contribution in [0.4, 0.5) is 17.1 Å². The van der Waals surface area contributed by atoms with E-state index in [2.05, 4.69) is 38.4 Å². The van der Waals surface area contributed by atoms with Crippen LogP contribution in [0.2, 0.25) is 0 Å². The molecule has 1 saturated heterocycles. The second kappa shape index (κ2) is 7.09. The number of aldehydes is 1. The van der Waals surface area contributed by atoms with Crippen LogP contribution >= 0.6 is 0 Å². The Bertz CT molecular complexity index is 934. The van der Waals surface area contributed by atoms with E-state index < -0.39 is 0 Å². The van der Waals surface area contributed by atoms with Crippen molar-refractivity contribution in [1.82, 2.24) is 9.97 Å². The van der Waals surface area contributed by atoms with E-state index in [1.54, 1.807) is 12.3 Å². The first-order valence-electron chi connectivity index (χ1n) is 8.65. The lowest BCUT2D eigenvalue weighted by atomic mass is 10.1. The van der Waals surface area contributed by atoms with Gasteiger partial charge in [0.15, 0.2) is 6.29 Å². The van der Waals surface area contributed by atoms with Crippen molar-refractivity contribution in [3.63, 3.8) is 0 Å². The van der Waals surface area contributed by atoms with Gasteiger partial charge in [-0.2, -0.15) is 0 Å². The zero-order valence-electron chi connectivity index (χ0n) is 14.6. The van der Waals surface area contributed by atoms with Crippen molar-refractivity contribution in [3.05, 3.63) is 54.0 Å². The van der Waals surface area contributed by atoms with E-state index in [0.29, 0.717) is 5.69 Å². The lowest BCUT2D eigenvalue weighted by molar-refractivity contribution is 0.111. The molecule has 6 nitrogen and oxygen atoms in total. The number of benzene rings is 1. The number of aryl methyl sites for hydroxylation is 1. The van der Waals surface area contributed by atoms with Gasteiger partial charge < -0.3 is 15.0 Å². The Hall–Kier alpha value is -2.99. The summed E-state index contributed by atoms with van der Waals surface area (Å²) in [5, 5.41) is 4.46. The summed E-state index contributed by atoms with van der Waals surface area (Å²) in [6, 6.07) is 11.9. The van der Waals surface area contributed by atoms with Crippen LogP contribution in [0.15, 0.2) is 42.6 Å². The summed E-state index contributed by atoms with van der Waals surface area (Å²) in [4.78, 5) is 21.9. The maximum Gasteiger partial charge on any atom is 0.168 e. The maximum atomic E-state index is 10.8. The van der Waals surface area contributed by atoms with Gasteiger partial charge in [0.25, 0.3) is 0 Å². The van der Waals surface area contributed by atoms with Gasteiger partial charge in [-0.1, -0.05) is 0 Å². The largest absolute Gasteiger partial charge is 0.378 e. The molecule has 0 unspecified atom stereocenters. The van der Waals surface area contributed by atoms with Crippen molar-refractivity contribution in [2.75, 3.05) is 36.5 Å². The van der Waals surface area contributed by atoms with Crippen molar-refractivity contribution in [2.45, 2.75) is 6.92 Å². The van der Waals surface area contributed by atoms with Gasteiger partial charge in [0.2, 0.25) is 0 Å². The van der Waals surface area contributed by atoms with Gasteiger partial charge in [-0.15, -0.1) is 0 Å². The van der Waals surface area contributed by atoms with Gasteiger partial charge in [0.05, 0.1) is 30.6 Å². The van der Waals surface area contributed by atoms with E-state index in [0.717, 1.165) is 60.6 Å². The summed E-state index contributed by atoms with van der Waals surface area (Å²) in [6.45, 7) is 5.28. The Balaban J connectivity index is 1.72. The summed E-state index contributed by atoms with van der Waals surface area (Å²) in [5.41, 5.74) is 5.28. The van der Waals surface area contributed by atoms with Crippen molar-refractivity contribution in [3.8, 4) is 0 Å². The van der Waals surface area contributed by atoms with Gasteiger partial charge >= 0.3 is 0 Å². The lowest BCUT2D eigenvalue weighted by Crippen LogP contribution is -2.36. The van der Waals surface area contributed by atoms with Crippen LogP contribution in [0.3, 0.4) is 0 Å². The monoisotopic (exact) mass is 348 g/mol. The molecule has 3 aromatic rings. The van der Waals surface area contributed by atoms with Gasteiger partial charge in [0.1, 0.15) is 5.69 Å². The van der Waals surface area contributed by atoms with Crippen molar-refractivity contribution >= 4 is 34.3 Å². The number of aromatic nitrogens is 2. The third kappa shape index (κ3) is 3.36. The Morgan fingerprint density at radius 3 is 2.73 bits per heavy atom. The minimum absolute atomic E-state index is 0.418. The van der Waals surface area contributed by atoms with Crippen LogP contribution in [0, 0.1) is 6.92 Å². The number of carbonyl (C=O) groups excluding carboxylic acids is 1. The number of morpholine rings is 1. The molecule has 1 fully saturated rings. The third-order valence-corrected chi connectivity index (χ3v) is 4.48. The summed E-state index contributed by atoms with van der Waals surface area (Å²) in [5.74, 6) is 0. The van der Waals surface area contributed by atoms with Gasteiger partial charge in [-0.3, -0.25) is 14.8 Å². The number of rotatable bonds is 4. The molecule has 3 heterocycles. The van der Waals surface area contributed by atoms with Crippen molar-refractivity contribution in [2.24, 2.45) is 0 Å². The van der Waals surface area contributed by atoms with Crippen molar-refractivity contribution in [1.29, 1.82) is 0 Å². The highest BCUT2D eigenvalue weighted by Crippen LogP contribution is 2.30. The fourth-order valence-electron chi connectivity index (χ4n) is 3.17. The second-order valence-electron chi connectivity index (χ2n) is 6.33. The molecule has 2 aromatic heterocycles. The van der Waals surface area contributed by atoms with Gasteiger partial charge in [-0.25, -0.2) is 0 Å². The number of nitrogens with zero attached hydrogens (tertiary/aromatic N) is 3. The number of nitrogens with one attached hydrogen (secondary N) is 1. The van der Waals surface area contributed by atoms with Crippen LogP contribution in [0.5, 0.6) is 0 Å². The first-order valence-corrected chi connectivity index (χ1v) is 8.65. The van der Waals surface area contributed by atoms with E-state index >= 15 is 0 Å². The van der Waals surface area contributed by atoms with Crippen LogP contribution in [-0.2, 0) is 4.74 Å². The summed E-state index contributed by atoms with van der Waals surface area (Å²) in [6.07, 6.45) is 2.40. The molecule has 0 bridgehead atoms. The highest BCUT2D eigenvalue weighted by Gasteiger charge is 2.13. The maximum absolute atomic E-state index is 10.8. The first-order chi connectivity index (χ1) is 12.7. The molecule has 0 atom stereocenters. The molecule has 1 aromatic carbocycles. The summed E-state index contributed by atoms with van der Waals surface area (Å²) in [7, 11) is 0. The standard InChI is InChI=1S/C20H20N4O2/c1-14-10-20(23-15-2-3-16(13-25)21-12-15)18-11-17(4-5-19(18)22-14)24-6-8-26-9-7-24/h2-5,10-13H,6-9H2,1H3,(H,22,23). The number of fused-ring (bicyclic) bond motifs is 1. The topological polar surface area (TPSA) is 67.4 Å². The smallest absolute Gasteiger partial charge is 0.168 e. The summed E-state index contributed by atoms with van der Waals surface area (Å²) < 4.78 is 5.45. The van der Waals surface area contributed by atoms with E-state index in [-0.39, 0.29) is 0 Å². The molecule has 0 aliphatic carbocycles.